The summed E-state index contributed by atoms with van der Waals surface area (Å²) in [6.07, 6.45) is -0.362. The van der Waals surface area contributed by atoms with Crippen LogP contribution in [-0.2, 0) is 21.6 Å². The molecule has 1 aromatic carbocycles. The van der Waals surface area contributed by atoms with Gasteiger partial charge < -0.3 is 14.8 Å². The molecule has 24 heavy (non-hydrogen) atoms. The summed E-state index contributed by atoms with van der Waals surface area (Å²) in [6, 6.07) is 6.68. The summed E-state index contributed by atoms with van der Waals surface area (Å²) in [6.45, 7) is 0.493. The number of nitrogens with two attached hydrogens (primary N) is 1. The van der Waals surface area contributed by atoms with Gasteiger partial charge in [0.25, 0.3) is 0 Å². The van der Waals surface area contributed by atoms with Crippen LogP contribution in [0.5, 0.6) is 5.75 Å². The number of hydrogen-bond donors (Lipinski definition) is 3. The van der Waals surface area contributed by atoms with Crippen molar-refractivity contribution in [3.63, 3.8) is 0 Å². The van der Waals surface area contributed by atoms with E-state index in [4.69, 9.17) is 14.6 Å². The highest BCUT2D eigenvalue weighted by Gasteiger charge is 2.31. The molecular weight excluding hydrogens is 354 g/mol. The summed E-state index contributed by atoms with van der Waals surface area (Å²) in [4.78, 5) is 12.1. The maximum atomic E-state index is 12.1. The van der Waals surface area contributed by atoms with E-state index in [2.05, 4.69) is 17.9 Å². The Labute approximate surface area is 146 Å². The van der Waals surface area contributed by atoms with Crippen LogP contribution in [0.25, 0.3) is 0 Å². The van der Waals surface area contributed by atoms with Crippen molar-refractivity contribution in [3.8, 4) is 5.75 Å². The molecule has 0 bridgehead atoms. The zero-order valence-electron chi connectivity index (χ0n) is 13.2. The monoisotopic (exact) mass is 375 g/mol. The maximum absolute atomic E-state index is 12.1. The Bertz CT molecular complexity index is 665. The van der Waals surface area contributed by atoms with E-state index in [9.17, 15) is 13.2 Å². The molecule has 1 aliphatic rings. The smallest absolute Gasteiger partial charge is 0.424 e. The van der Waals surface area contributed by atoms with Gasteiger partial charge in [-0.2, -0.15) is 25.4 Å². The molecule has 1 amide bonds. The van der Waals surface area contributed by atoms with Gasteiger partial charge in [0.05, 0.1) is 13.7 Å². The number of carbonyl (C=O) groups excluding carboxylic acids is 1. The van der Waals surface area contributed by atoms with Crippen LogP contribution in [0.2, 0.25) is 0 Å². The van der Waals surface area contributed by atoms with Gasteiger partial charge in [0.2, 0.25) is 0 Å². The SMILES string of the molecule is COc1ccc(COC(=O)N(C[C@@H]2C[C@H](S)CN2)S(N)(=O)=O)cc1. The normalized spacial score (nSPS) is 20.6. The Balaban J connectivity index is 1.96. The summed E-state index contributed by atoms with van der Waals surface area (Å²) < 4.78 is 34.0. The van der Waals surface area contributed by atoms with Gasteiger partial charge in [-0.3, -0.25) is 0 Å². The van der Waals surface area contributed by atoms with E-state index in [0.29, 0.717) is 28.6 Å². The van der Waals surface area contributed by atoms with Crippen LogP contribution in [0.3, 0.4) is 0 Å². The van der Waals surface area contributed by atoms with E-state index >= 15 is 0 Å². The summed E-state index contributed by atoms with van der Waals surface area (Å²) >= 11 is 4.32. The lowest BCUT2D eigenvalue weighted by molar-refractivity contribution is 0.117. The van der Waals surface area contributed by atoms with Gasteiger partial charge in [0.15, 0.2) is 0 Å². The Hall–Kier alpha value is -1.49. The Morgan fingerprint density at radius 3 is 2.58 bits per heavy atom. The number of nitrogens with zero attached hydrogens (tertiary/aromatic N) is 1. The van der Waals surface area contributed by atoms with Gasteiger partial charge in [-0.25, -0.2) is 9.93 Å². The first-order chi connectivity index (χ1) is 11.3. The molecule has 1 aromatic rings. The molecule has 1 aliphatic heterocycles. The Morgan fingerprint density at radius 1 is 1.42 bits per heavy atom. The lowest BCUT2D eigenvalue weighted by Gasteiger charge is -2.22. The van der Waals surface area contributed by atoms with Crippen molar-refractivity contribution in [2.75, 3.05) is 20.2 Å². The molecule has 1 saturated heterocycles. The van der Waals surface area contributed by atoms with Gasteiger partial charge in [0, 0.05) is 17.8 Å². The van der Waals surface area contributed by atoms with Gasteiger partial charge in [-0.15, -0.1) is 0 Å². The minimum atomic E-state index is -4.21. The summed E-state index contributed by atoms with van der Waals surface area (Å²) in [5.74, 6) is 0.671. The average molecular weight is 375 g/mol. The highest BCUT2D eigenvalue weighted by Crippen LogP contribution is 2.16. The molecular formula is C14H21N3O5S2. The van der Waals surface area contributed by atoms with Crippen LogP contribution in [0.15, 0.2) is 24.3 Å². The zero-order valence-corrected chi connectivity index (χ0v) is 14.9. The number of hydrogen-bond acceptors (Lipinski definition) is 7. The van der Waals surface area contributed by atoms with Gasteiger partial charge in [-0.1, -0.05) is 12.1 Å². The number of methoxy groups -OCH3 is 1. The lowest BCUT2D eigenvalue weighted by atomic mass is 10.2. The largest absolute Gasteiger partial charge is 0.497 e. The molecule has 2 rings (SSSR count). The molecule has 0 unspecified atom stereocenters. The van der Waals surface area contributed by atoms with Crippen molar-refractivity contribution in [3.05, 3.63) is 29.8 Å². The minimum absolute atomic E-state index is 0.0673. The fraction of sp³-hybridized carbons (Fsp3) is 0.500. The van der Waals surface area contributed by atoms with E-state index in [-0.39, 0.29) is 24.4 Å². The van der Waals surface area contributed by atoms with Crippen LogP contribution in [0.4, 0.5) is 4.79 Å². The van der Waals surface area contributed by atoms with Crippen molar-refractivity contribution in [1.82, 2.24) is 9.62 Å². The predicted octanol–water partition coefficient (Wildman–Crippen LogP) is 0.498. The number of nitrogens with one attached hydrogen (secondary N) is 1. The minimum Gasteiger partial charge on any atom is -0.497 e. The number of benzene rings is 1. The fourth-order valence-corrected chi connectivity index (χ4v) is 3.37. The number of ether oxygens (including phenoxy) is 2. The molecule has 0 aromatic heterocycles. The van der Waals surface area contributed by atoms with Crippen LogP contribution < -0.4 is 15.2 Å². The second kappa shape index (κ2) is 8.06. The maximum Gasteiger partial charge on any atom is 0.424 e. The van der Waals surface area contributed by atoms with Crippen LogP contribution >= 0.6 is 12.6 Å². The first kappa shape index (κ1) is 18.8. The second-order valence-corrected chi connectivity index (χ2v) is 7.67. The van der Waals surface area contributed by atoms with E-state index in [1.54, 1.807) is 31.4 Å². The van der Waals surface area contributed by atoms with E-state index < -0.39 is 16.3 Å². The molecule has 1 heterocycles. The first-order valence-electron chi connectivity index (χ1n) is 7.31. The highest BCUT2D eigenvalue weighted by molar-refractivity contribution is 7.87. The van der Waals surface area contributed by atoms with Crippen molar-refractivity contribution in [2.24, 2.45) is 5.14 Å². The van der Waals surface area contributed by atoms with E-state index in [0.717, 1.165) is 0 Å². The molecule has 3 N–H and O–H groups in total. The number of carbonyl (C=O) groups is 1. The lowest BCUT2D eigenvalue weighted by Crippen LogP contribution is -2.47. The van der Waals surface area contributed by atoms with Crippen LogP contribution in [-0.4, -0.2) is 50.3 Å². The fourth-order valence-electron chi connectivity index (χ4n) is 2.36. The van der Waals surface area contributed by atoms with Crippen molar-refractivity contribution in [1.29, 1.82) is 0 Å². The standard InChI is InChI=1S/C14H21N3O5S2/c1-21-12-4-2-10(3-5-12)9-22-14(18)17(24(15,19)20)8-11-6-13(23)7-16-11/h2-5,11,13,16,23H,6-9H2,1H3,(H2,15,19,20)/t11-,13-/m0/s1. The molecule has 0 aliphatic carbocycles. The number of rotatable bonds is 6. The quantitative estimate of drug-likeness (QED) is 0.625. The average Bonchev–Trinajstić information content (AvgIpc) is 2.95. The predicted molar refractivity (Wildman–Crippen MR) is 92.2 cm³/mol. The van der Waals surface area contributed by atoms with Crippen LogP contribution in [0.1, 0.15) is 12.0 Å². The van der Waals surface area contributed by atoms with Crippen molar-refractivity contribution >= 4 is 28.9 Å². The summed E-state index contributed by atoms with van der Waals surface area (Å²) in [5, 5.41) is 8.34. The van der Waals surface area contributed by atoms with Crippen LogP contribution in [0, 0.1) is 0 Å². The molecule has 10 heteroatoms. The summed E-state index contributed by atoms with van der Waals surface area (Å²) in [5.41, 5.74) is 0.702. The first-order valence-corrected chi connectivity index (χ1v) is 9.33. The third-order valence-corrected chi connectivity index (χ3v) is 4.92. The summed E-state index contributed by atoms with van der Waals surface area (Å²) in [7, 11) is -2.66. The van der Waals surface area contributed by atoms with E-state index in [1.807, 2.05) is 0 Å². The topological polar surface area (TPSA) is 111 Å². The molecule has 0 radical (unpaired) electrons. The molecule has 8 nitrogen and oxygen atoms in total. The Kier molecular flexibility index (Phi) is 6.33. The van der Waals surface area contributed by atoms with E-state index in [1.165, 1.54) is 0 Å². The van der Waals surface area contributed by atoms with Gasteiger partial charge in [0.1, 0.15) is 12.4 Å². The van der Waals surface area contributed by atoms with Gasteiger partial charge >= 0.3 is 16.3 Å². The molecule has 1 fully saturated rings. The third-order valence-electron chi connectivity index (χ3n) is 3.62. The molecule has 2 atom stereocenters. The number of amides is 1. The molecule has 134 valence electrons. The van der Waals surface area contributed by atoms with Crippen molar-refractivity contribution in [2.45, 2.75) is 24.3 Å². The highest BCUT2D eigenvalue weighted by atomic mass is 32.2. The number of thiol groups is 1. The Morgan fingerprint density at radius 2 is 2.08 bits per heavy atom. The molecule has 0 saturated carbocycles. The van der Waals surface area contributed by atoms with Crippen molar-refractivity contribution < 1.29 is 22.7 Å². The third kappa shape index (κ3) is 5.26. The zero-order chi connectivity index (χ0) is 17.7. The van der Waals surface area contributed by atoms with Gasteiger partial charge in [-0.05, 0) is 24.1 Å². The molecule has 0 spiro atoms. The second-order valence-electron chi connectivity index (χ2n) is 5.47.